The Balaban J connectivity index is 1.50. The van der Waals surface area contributed by atoms with Crippen molar-refractivity contribution in [2.45, 2.75) is 24.9 Å². The number of esters is 1. The molecule has 45 heavy (non-hydrogen) atoms. The molecule has 2 aliphatic heterocycles. The summed E-state index contributed by atoms with van der Waals surface area (Å²) >= 11 is 8.62. The predicted molar refractivity (Wildman–Crippen MR) is 163 cm³/mol. The van der Waals surface area contributed by atoms with Gasteiger partial charge in [0.2, 0.25) is 5.76 Å². The van der Waals surface area contributed by atoms with Gasteiger partial charge in [-0.05, 0) is 36.2 Å². The molecule has 1 N–H and O–H groups in total. The van der Waals surface area contributed by atoms with Crippen LogP contribution in [0.4, 0.5) is 0 Å². The Labute approximate surface area is 271 Å². The Kier molecular flexibility index (Phi) is 11.7. The number of nitrogens with zero attached hydrogens (tertiary/aromatic N) is 3. The summed E-state index contributed by atoms with van der Waals surface area (Å²) in [6.07, 6.45) is 0. The molecule has 3 heterocycles. The number of hydrogen-bond donors (Lipinski definition) is 1. The van der Waals surface area contributed by atoms with E-state index in [1.165, 1.54) is 40.5 Å². The van der Waals surface area contributed by atoms with E-state index in [-0.39, 0.29) is 30.4 Å². The number of rotatable bonds is 14. The zero-order valence-corrected chi connectivity index (χ0v) is 26.0. The average molecular weight is 672 g/mol. The Morgan fingerprint density at radius 2 is 2.04 bits per heavy atom. The Morgan fingerprint density at radius 1 is 1.29 bits per heavy atom. The van der Waals surface area contributed by atoms with Crippen molar-refractivity contribution < 1.29 is 47.6 Å². The fraction of sp³-hybridized carbons (Fsp3) is 0.269. The van der Waals surface area contributed by atoms with Gasteiger partial charge in [-0.2, -0.15) is 0 Å². The summed E-state index contributed by atoms with van der Waals surface area (Å²) in [6, 6.07) is 5.87. The van der Waals surface area contributed by atoms with Crippen LogP contribution in [0.25, 0.3) is 0 Å². The van der Waals surface area contributed by atoms with Crippen LogP contribution < -0.4 is 10.1 Å². The zero-order chi connectivity index (χ0) is 32.5. The number of oxime groups is 1. The van der Waals surface area contributed by atoms with Gasteiger partial charge >= 0.3 is 27.5 Å². The van der Waals surface area contributed by atoms with Gasteiger partial charge in [0.15, 0.2) is 5.71 Å². The molecule has 2 aromatic rings. The topological polar surface area (TPSA) is 172 Å². The first-order valence-electron chi connectivity index (χ1n) is 12.8. The molecule has 2 amide bonds. The number of halogens is 1. The summed E-state index contributed by atoms with van der Waals surface area (Å²) in [5.74, 6) is -2.20. The minimum atomic E-state index is -1.20. The minimum absolute atomic E-state index is 0.0127. The van der Waals surface area contributed by atoms with E-state index >= 15 is 0 Å². The lowest BCUT2D eigenvalue weighted by atomic mass is 10.0. The van der Waals surface area contributed by atoms with Crippen molar-refractivity contribution in [2.75, 3.05) is 18.7 Å². The summed E-state index contributed by atoms with van der Waals surface area (Å²) in [7, 11) is 7.25. The number of alkyl halides is 1. The average Bonchev–Trinajstić information content (AvgIpc) is 3.49. The SMILES string of the molecule is [B]OC(=O)/C(=C\[B]OC=O)O/N=C(\C(=O)N[C@@H]1C(=O)N2C(C(=O)OCc3ccc(OC)cc3)=C(CCl)CS[C@H]12)c1csc(C)n1. The van der Waals surface area contributed by atoms with Crippen LogP contribution in [0.1, 0.15) is 16.3 Å². The van der Waals surface area contributed by atoms with Gasteiger partial charge < -0.3 is 28.9 Å². The van der Waals surface area contributed by atoms with Crippen molar-refractivity contribution in [2.24, 2.45) is 5.16 Å². The van der Waals surface area contributed by atoms with Crippen molar-refractivity contribution in [1.29, 1.82) is 0 Å². The van der Waals surface area contributed by atoms with Crippen molar-refractivity contribution >= 4 is 86.2 Å². The summed E-state index contributed by atoms with van der Waals surface area (Å²) < 4.78 is 19.1. The van der Waals surface area contributed by atoms with E-state index in [1.807, 2.05) is 0 Å². The van der Waals surface area contributed by atoms with Gasteiger partial charge in [0, 0.05) is 17.0 Å². The van der Waals surface area contributed by atoms with Crippen LogP contribution in [0.3, 0.4) is 0 Å². The molecule has 1 aromatic heterocycles. The van der Waals surface area contributed by atoms with Crippen LogP contribution in [-0.2, 0) is 49.5 Å². The second kappa shape index (κ2) is 15.6. The molecule has 0 aliphatic carbocycles. The molecular weight excluding hydrogens is 650 g/mol. The molecular formula is C26H22B2ClN4O10S2. The van der Waals surface area contributed by atoms with E-state index in [1.54, 1.807) is 31.2 Å². The number of β-lactam (4-membered cyclic amide) rings is 1. The maximum absolute atomic E-state index is 13.4. The van der Waals surface area contributed by atoms with Crippen LogP contribution in [0.15, 0.2) is 57.8 Å². The molecule has 0 saturated carbocycles. The van der Waals surface area contributed by atoms with E-state index in [2.05, 4.69) is 24.8 Å². The third-order valence-corrected chi connectivity index (χ3v) is 8.63. The minimum Gasteiger partial charge on any atom is -0.538 e. The third kappa shape index (κ3) is 7.87. The van der Waals surface area contributed by atoms with Gasteiger partial charge in [0.1, 0.15) is 35.2 Å². The van der Waals surface area contributed by atoms with E-state index in [0.717, 1.165) is 13.5 Å². The number of ether oxygens (including phenoxy) is 2. The lowest BCUT2D eigenvalue weighted by molar-refractivity contribution is -0.153. The Morgan fingerprint density at radius 3 is 2.67 bits per heavy atom. The second-order valence-corrected chi connectivity index (χ2v) is 11.4. The van der Waals surface area contributed by atoms with Crippen molar-refractivity contribution in [3.05, 3.63) is 68.9 Å². The van der Waals surface area contributed by atoms with Gasteiger partial charge in [-0.25, -0.2) is 14.6 Å². The zero-order valence-electron chi connectivity index (χ0n) is 23.6. The number of carbonyl (C=O) groups is 5. The number of thiazole rings is 1. The molecule has 3 radical (unpaired) electrons. The standard InChI is InChI=1S/C26H22B2ClN4O10S2/c1-13-30-17(11-44-13)19(32-43-18(25(37)42-27)7-28-41-12-34)22(35)31-20-23(36)33-21(15(8-29)10-45-24(20)33)26(38)40-9-14-3-5-16(39-2)6-4-14/h3-7,11-12,20,24H,8-10H2,1-2H3,(H,31,35)/b18-7+,32-19-/t20-,24-/m1/s1. The number of benzene rings is 1. The fourth-order valence-corrected chi connectivity index (χ4v) is 6.30. The number of carbonyl (C=O) groups excluding carboxylic acids is 5. The van der Waals surface area contributed by atoms with E-state index in [0.29, 0.717) is 27.6 Å². The molecule has 14 nitrogen and oxygen atoms in total. The molecule has 1 saturated heterocycles. The number of nitrogens with one attached hydrogen (secondary N) is 1. The Bertz CT molecular complexity index is 1570. The van der Waals surface area contributed by atoms with Crippen LogP contribution in [0.5, 0.6) is 5.75 Å². The largest absolute Gasteiger partial charge is 0.538 e. The lowest BCUT2D eigenvalue weighted by Gasteiger charge is -2.49. The molecule has 2 aliphatic rings. The number of aryl methyl sites for hydroxylation is 1. The van der Waals surface area contributed by atoms with E-state index in [4.69, 9.17) is 34.0 Å². The van der Waals surface area contributed by atoms with Crippen molar-refractivity contribution in [3.63, 3.8) is 0 Å². The maximum atomic E-state index is 13.4. The lowest BCUT2D eigenvalue weighted by Crippen LogP contribution is -2.71. The van der Waals surface area contributed by atoms with Crippen LogP contribution in [0.2, 0.25) is 0 Å². The van der Waals surface area contributed by atoms with E-state index in [9.17, 15) is 24.0 Å². The summed E-state index contributed by atoms with van der Waals surface area (Å²) in [5, 5.41) is 7.79. The second-order valence-electron chi connectivity index (χ2n) is 8.96. The number of fused-ring (bicyclic) bond motifs is 1. The van der Waals surface area contributed by atoms with Gasteiger partial charge in [-0.15, -0.1) is 34.7 Å². The van der Waals surface area contributed by atoms with Crippen LogP contribution in [-0.4, -0.2) is 91.5 Å². The van der Waals surface area contributed by atoms with Gasteiger partial charge in [0.05, 0.1) is 12.1 Å². The third-order valence-electron chi connectivity index (χ3n) is 6.19. The molecule has 19 heteroatoms. The predicted octanol–water partition coefficient (Wildman–Crippen LogP) is 1.08. The first-order chi connectivity index (χ1) is 21.7. The first kappa shape index (κ1) is 33.6. The quantitative estimate of drug-likeness (QED) is 0.0290. The number of thioether (sulfide) groups is 1. The molecule has 4 rings (SSSR count). The van der Waals surface area contributed by atoms with Crippen molar-refractivity contribution in [1.82, 2.24) is 15.2 Å². The summed E-state index contributed by atoms with van der Waals surface area (Å²) in [4.78, 5) is 72.9. The molecule has 0 bridgehead atoms. The highest BCUT2D eigenvalue weighted by atomic mass is 35.5. The fourth-order valence-electron chi connectivity index (χ4n) is 4.02. The number of aromatic nitrogens is 1. The molecule has 2 atom stereocenters. The Hall–Kier alpha value is -4.28. The monoisotopic (exact) mass is 671 g/mol. The van der Waals surface area contributed by atoms with Gasteiger partial charge in [-0.3, -0.25) is 19.3 Å². The van der Waals surface area contributed by atoms with E-state index < -0.39 is 46.6 Å². The van der Waals surface area contributed by atoms with Crippen LogP contribution >= 0.6 is 34.7 Å². The smallest absolute Gasteiger partial charge is 0.408 e. The molecule has 231 valence electrons. The van der Waals surface area contributed by atoms with Crippen LogP contribution in [0, 0.1) is 6.92 Å². The number of hydrogen-bond acceptors (Lipinski definition) is 14. The van der Waals surface area contributed by atoms with Crippen molar-refractivity contribution in [3.8, 4) is 5.75 Å². The van der Waals surface area contributed by atoms with Gasteiger partial charge in [0.25, 0.3) is 18.3 Å². The highest BCUT2D eigenvalue weighted by molar-refractivity contribution is 8.00. The molecule has 0 spiro atoms. The summed E-state index contributed by atoms with van der Waals surface area (Å²) in [6.45, 7) is 1.72. The number of amides is 2. The molecule has 1 fully saturated rings. The number of methoxy groups -OCH3 is 1. The highest BCUT2D eigenvalue weighted by Gasteiger charge is 2.54. The molecule has 0 unspecified atom stereocenters. The highest BCUT2D eigenvalue weighted by Crippen LogP contribution is 2.41. The maximum Gasteiger partial charge on any atom is 0.408 e. The molecule has 1 aromatic carbocycles. The van der Waals surface area contributed by atoms with Gasteiger partial charge in [-0.1, -0.05) is 17.3 Å². The first-order valence-corrected chi connectivity index (χ1v) is 15.2. The normalized spacial score (nSPS) is 17.8. The summed E-state index contributed by atoms with van der Waals surface area (Å²) in [5.41, 5.74) is 0.919.